The molecule has 0 fully saturated rings. The molecule has 0 aliphatic heterocycles. The van der Waals surface area contributed by atoms with Crippen molar-refractivity contribution in [2.45, 2.75) is 0 Å². The van der Waals surface area contributed by atoms with Gasteiger partial charge in [-0.15, -0.1) is 0 Å². The fraction of sp³-hybridized carbons (Fsp3) is 0. The highest BCUT2D eigenvalue weighted by Crippen LogP contribution is 2.44. The lowest BCUT2D eigenvalue weighted by Gasteiger charge is -2.17. The third-order valence-corrected chi connectivity index (χ3v) is 9.68. The molecule has 0 aliphatic rings. The van der Waals surface area contributed by atoms with Crippen molar-refractivity contribution >= 4 is 54.1 Å². The Balaban J connectivity index is 1.24. The van der Waals surface area contributed by atoms with E-state index in [4.69, 9.17) is 14.4 Å². The first kappa shape index (κ1) is 27.5. The Hall–Kier alpha value is -6.58. The number of para-hydroxylation sites is 1. The molecule has 0 unspecified atom stereocenters. The minimum absolute atomic E-state index is 0.661. The van der Waals surface area contributed by atoms with Crippen molar-refractivity contribution in [3.05, 3.63) is 170 Å². The molecule has 2 heterocycles. The number of nitrogens with zero attached hydrogens (tertiary/aromatic N) is 2. The topological polar surface area (TPSA) is 38.9 Å². The van der Waals surface area contributed by atoms with E-state index in [-0.39, 0.29) is 0 Å². The standard InChI is InChI=1S/C46H28N2O/c1-2-13-30(14-3-1)46-47-41(28-42(48-46)44-27-32-16-6-11-21-43(32)49-44)37-24-25-38(36-20-10-9-19-35(36)37)45-34-18-8-5-15-31(34)26-40-33-17-7-4-12-29(33)22-23-39(40)45/h1-28H. The predicted octanol–water partition coefficient (Wildman–Crippen LogP) is 12.5. The van der Waals surface area contributed by atoms with Crippen molar-refractivity contribution in [3.63, 3.8) is 0 Å². The number of fused-ring (bicyclic) bond motifs is 6. The average molecular weight is 625 g/mol. The van der Waals surface area contributed by atoms with E-state index in [0.29, 0.717) is 5.82 Å². The maximum absolute atomic E-state index is 6.32. The van der Waals surface area contributed by atoms with E-state index in [9.17, 15) is 0 Å². The van der Waals surface area contributed by atoms with Crippen molar-refractivity contribution < 1.29 is 4.42 Å². The first-order valence-electron chi connectivity index (χ1n) is 16.6. The molecule has 0 bridgehead atoms. The smallest absolute Gasteiger partial charge is 0.160 e. The van der Waals surface area contributed by atoms with Crippen LogP contribution >= 0.6 is 0 Å². The number of rotatable bonds is 4. The maximum atomic E-state index is 6.32. The predicted molar refractivity (Wildman–Crippen MR) is 204 cm³/mol. The molecule has 49 heavy (non-hydrogen) atoms. The van der Waals surface area contributed by atoms with Crippen LogP contribution in [0.5, 0.6) is 0 Å². The Labute approximate surface area is 282 Å². The maximum Gasteiger partial charge on any atom is 0.160 e. The third-order valence-electron chi connectivity index (χ3n) is 9.68. The number of benzene rings is 8. The summed E-state index contributed by atoms with van der Waals surface area (Å²) in [6.45, 7) is 0. The summed E-state index contributed by atoms with van der Waals surface area (Å²) in [4.78, 5) is 10.2. The van der Waals surface area contributed by atoms with Crippen LogP contribution in [-0.4, -0.2) is 9.97 Å². The quantitative estimate of drug-likeness (QED) is 0.144. The molecular weight excluding hydrogens is 597 g/mol. The zero-order valence-electron chi connectivity index (χ0n) is 26.5. The van der Waals surface area contributed by atoms with Crippen molar-refractivity contribution in [1.82, 2.24) is 9.97 Å². The van der Waals surface area contributed by atoms with Gasteiger partial charge in [-0.1, -0.05) is 146 Å². The molecule has 2 aromatic heterocycles. The molecule has 0 amide bonds. The zero-order chi connectivity index (χ0) is 32.3. The van der Waals surface area contributed by atoms with Gasteiger partial charge in [-0.2, -0.15) is 0 Å². The minimum atomic E-state index is 0.661. The number of hydrogen-bond donors (Lipinski definition) is 0. The lowest BCUT2D eigenvalue weighted by Crippen LogP contribution is -1.96. The van der Waals surface area contributed by atoms with E-state index in [0.717, 1.165) is 44.6 Å². The fourth-order valence-electron chi connectivity index (χ4n) is 7.39. The Morgan fingerprint density at radius 2 is 1.00 bits per heavy atom. The molecule has 0 N–H and O–H groups in total. The first-order valence-corrected chi connectivity index (χ1v) is 16.6. The second kappa shape index (κ2) is 11.0. The summed E-state index contributed by atoms with van der Waals surface area (Å²) in [6, 6.07) is 59.9. The highest BCUT2D eigenvalue weighted by Gasteiger charge is 2.19. The molecule has 10 rings (SSSR count). The molecular formula is C46H28N2O. The lowest BCUT2D eigenvalue weighted by molar-refractivity contribution is 0.628. The Morgan fingerprint density at radius 3 is 1.82 bits per heavy atom. The van der Waals surface area contributed by atoms with Crippen molar-refractivity contribution in [3.8, 4) is 45.2 Å². The fourth-order valence-corrected chi connectivity index (χ4v) is 7.39. The van der Waals surface area contributed by atoms with Gasteiger partial charge in [0.1, 0.15) is 11.3 Å². The van der Waals surface area contributed by atoms with E-state index in [2.05, 4.69) is 133 Å². The van der Waals surface area contributed by atoms with Gasteiger partial charge in [0.15, 0.2) is 11.6 Å². The zero-order valence-corrected chi connectivity index (χ0v) is 26.5. The van der Waals surface area contributed by atoms with Gasteiger partial charge in [0.25, 0.3) is 0 Å². The van der Waals surface area contributed by atoms with Gasteiger partial charge in [-0.3, -0.25) is 0 Å². The molecule has 10 aromatic rings. The number of aromatic nitrogens is 2. The number of hydrogen-bond acceptors (Lipinski definition) is 3. The van der Waals surface area contributed by atoms with Crippen LogP contribution in [0.15, 0.2) is 174 Å². The second-order valence-corrected chi connectivity index (χ2v) is 12.5. The molecule has 0 saturated carbocycles. The van der Waals surface area contributed by atoms with Gasteiger partial charge < -0.3 is 4.42 Å². The van der Waals surface area contributed by atoms with Crippen LogP contribution in [0.1, 0.15) is 0 Å². The highest BCUT2D eigenvalue weighted by molar-refractivity contribution is 6.23. The first-order chi connectivity index (χ1) is 24.3. The summed E-state index contributed by atoms with van der Waals surface area (Å²) in [5, 5.41) is 10.8. The van der Waals surface area contributed by atoms with Crippen LogP contribution in [-0.2, 0) is 0 Å². The molecule has 0 radical (unpaired) electrons. The van der Waals surface area contributed by atoms with E-state index < -0.39 is 0 Å². The van der Waals surface area contributed by atoms with Gasteiger partial charge >= 0.3 is 0 Å². The van der Waals surface area contributed by atoms with Gasteiger partial charge in [0.2, 0.25) is 0 Å². The molecule has 3 heteroatoms. The second-order valence-electron chi connectivity index (χ2n) is 12.5. The van der Waals surface area contributed by atoms with Crippen LogP contribution in [0.3, 0.4) is 0 Å². The van der Waals surface area contributed by atoms with Crippen LogP contribution in [0.4, 0.5) is 0 Å². The van der Waals surface area contributed by atoms with Crippen molar-refractivity contribution in [2.75, 3.05) is 0 Å². The van der Waals surface area contributed by atoms with E-state index in [1.54, 1.807) is 0 Å². The summed E-state index contributed by atoms with van der Waals surface area (Å²) in [6.07, 6.45) is 0. The van der Waals surface area contributed by atoms with Crippen LogP contribution in [0.2, 0.25) is 0 Å². The molecule has 0 spiro atoms. The largest absolute Gasteiger partial charge is 0.454 e. The summed E-state index contributed by atoms with van der Waals surface area (Å²) in [5.74, 6) is 1.38. The normalized spacial score (nSPS) is 11.7. The number of furan rings is 1. The van der Waals surface area contributed by atoms with Crippen molar-refractivity contribution in [2.24, 2.45) is 0 Å². The molecule has 3 nitrogen and oxygen atoms in total. The monoisotopic (exact) mass is 624 g/mol. The van der Waals surface area contributed by atoms with Gasteiger partial charge in [-0.25, -0.2) is 9.97 Å². The molecule has 228 valence electrons. The van der Waals surface area contributed by atoms with Gasteiger partial charge in [0, 0.05) is 16.5 Å². The average Bonchev–Trinajstić information content (AvgIpc) is 3.62. The minimum Gasteiger partial charge on any atom is -0.454 e. The van der Waals surface area contributed by atoms with Gasteiger partial charge in [0.05, 0.1) is 5.69 Å². The summed E-state index contributed by atoms with van der Waals surface area (Å²) < 4.78 is 6.32. The summed E-state index contributed by atoms with van der Waals surface area (Å²) in [7, 11) is 0. The molecule has 0 atom stereocenters. The summed E-state index contributed by atoms with van der Waals surface area (Å²) >= 11 is 0. The molecule has 8 aromatic carbocycles. The highest BCUT2D eigenvalue weighted by atomic mass is 16.3. The third kappa shape index (κ3) is 4.51. The Kier molecular flexibility index (Phi) is 6.18. The SMILES string of the molecule is c1ccc(-c2nc(-c3cc4ccccc4o3)cc(-c3ccc(-c4c5ccccc5cc5c4ccc4ccccc45)c4ccccc34)n2)cc1. The van der Waals surface area contributed by atoms with Crippen LogP contribution in [0, 0.1) is 0 Å². The Morgan fingerprint density at radius 1 is 0.367 bits per heavy atom. The van der Waals surface area contributed by atoms with Crippen molar-refractivity contribution in [1.29, 1.82) is 0 Å². The summed E-state index contributed by atoms with van der Waals surface area (Å²) in [5.41, 5.74) is 6.89. The van der Waals surface area contributed by atoms with Gasteiger partial charge in [-0.05, 0) is 78.5 Å². The van der Waals surface area contributed by atoms with Crippen LogP contribution < -0.4 is 0 Å². The van der Waals surface area contributed by atoms with Crippen LogP contribution in [0.25, 0.3) is 99.3 Å². The Bertz CT molecular complexity index is 2850. The lowest BCUT2D eigenvalue weighted by atomic mass is 9.86. The molecule has 0 saturated heterocycles. The van der Waals surface area contributed by atoms with E-state index >= 15 is 0 Å². The van der Waals surface area contributed by atoms with E-state index in [1.807, 2.05) is 36.4 Å². The van der Waals surface area contributed by atoms with E-state index in [1.165, 1.54) is 48.8 Å². The molecule has 0 aliphatic carbocycles.